The first-order valence-corrected chi connectivity index (χ1v) is 7.03. The lowest BCUT2D eigenvalue weighted by atomic mass is 10.1. The van der Waals surface area contributed by atoms with E-state index in [2.05, 4.69) is 50.0 Å². The first-order valence-electron chi connectivity index (χ1n) is 6.24. The summed E-state index contributed by atoms with van der Waals surface area (Å²) in [5.74, 6) is 1.58. The van der Waals surface area contributed by atoms with Gasteiger partial charge in [-0.25, -0.2) is 4.98 Å². The van der Waals surface area contributed by atoms with Crippen LogP contribution < -0.4 is 10.2 Å². The maximum Gasteiger partial charge on any atom is 0.224 e. The molecule has 18 heavy (non-hydrogen) atoms. The molecule has 0 aliphatic carbocycles. The van der Waals surface area contributed by atoms with E-state index in [1.807, 2.05) is 7.05 Å². The van der Waals surface area contributed by atoms with Crippen LogP contribution in [0, 0.1) is 0 Å². The van der Waals surface area contributed by atoms with Gasteiger partial charge in [-0.15, -0.1) is 0 Å². The standard InChI is InChI=1S/C12H19BrN4O/c1-4-9-7-18-8(2)6-17(9)11-10(13)5-15-12(14-3)16-11/h5,8-9H,4,6-7H2,1-3H3,(H,14,15,16). The van der Waals surface area contributed by atoms with E-state index in [0.717, 1.165) is 29.9 Å². The Kier molecular flexibility index (Phi) is 4.40. The number of nitrogens with zero attached hydrogens (tertiary/aromatic N) is 3. The molecular formula is C12H19BrN4O. The summed E-state index contributed by atoms with van der Waals surface area (Å²) >= 11 is 3.54. The van der Waals surface area contributed by atoms with Crippen LogP contribution in [-0.4, -0.2) is 42.3 Å². The summed E-state index contributed by atoms with van der Waals surface area (Å²) in [6.07, 6.45) is 3.06. The molecule has 0 aromatic carbocycles. The molecule has 1 saturated heterocycles. The minimum atomic E-state index is 0.229. The van der Waals surface area contributed by atoms with Crippen LogP contribution in [-0.2, 0) is 4.74 Å². The second-order valence-corrected chi connectivity index (χ2v) is 5.33. The molecule has 1 N–H and O–H groups in total. The third kappa shape index (κ3) is 2.75. The van der Waals surface area contributed by atoms with Crippen molar-refractivity contribution in [2.24, 2.45) is 0 Å². The Hall–Kier alpha value is -0.880. The number of hydrogen-bond acceptors (Lipinski definition) is 5. The number of nitrogens with one attached hydrogen (secondary N) is 1. The average molecular weight is 315 g/mol. The Bertz CT molecular complexity index is 415. The maximum atomic E-state index is 5.71. The fourth-order valence-corrected chi connectivity index (χ4v) is 2.54. The van der Waals surface area contributed by atoms with Crippen LogP contribution in [0.3, 0.4) is 0 Å². The van der Waals surface area contributed by atoms with Gasteiger partial charge in [-0.05, 0) is 29.3 Å². The van der Waals surface area contributed by atoms with Crippen LogP contribution in [0.15, 0.2) is 10.7 Å². The van der Waals surface area contributed by atoms with Crippen molar-refractivity contribution in [3.63, 3.8) is 0 Å². The minimum Gasteiger partial charge on any atom is -0.375 e. The minimum absolute atomic E-state index is 0.229. The van der Waals surface area contributed by atoms with Crippen molar-refractivity contribution in [2.45, 2.75) is 32.4 Å². The molecule has 5 nitrogen and oxygen atoms in total. The largest absolute Gasteiger partial charge is 0.375 e. The number of hydrogen-bond donors (Lipinski definition) is 1. The second kappa shape index (κ2) is 5.84. The Labute approximate surface area is 116 Å². The monoisotopic (exact) mass is 314 g/mol. The van der Waals surface area contributed by atoms with Crippen molar-refractivity contribution in [3.8, 4) is 0 Å². The number of ether oxygens (including phenoxy) is 1. The van der Waals surface area contributed by atoms with Gasteiger partial charge in [0.15, 0.2) is 0 Å². The van der Waals surface area contributed by atoms with E-state index in [1.54, 1.807) is 6.20 Å². The predicted octanol–water partition coefficient (Wildman–Crippen LogP) is 2.28. The normalized spacial score (nSPS) is 24.1. The van der Waals surface area contributed by atoms with Gasteiger partial charge in [0.05, 0.1) is 23.2 Å². The van der Waals surface area contributed by atoms with Crippen molar-refractivity contribution in [3.05, 3.63) is 10.7 Å². The van der Waals surface area contributed by atoms with Crippen molar-refractivity contribution in [1.82, 2.24) is 9.97 Å². The summed E-state index contributed by atoms with van der Waals surface area (Å²) in [4.78, 5) is 11.0. The molecule has 0 saturated carbocycles. The van der Waals surface area contributed by atoms with Gasteiger partial charge in [0.25, 0.3) is 0 Å². The first kappa shape index (κ1) is 13.5. The molecule has 1 fully saturated rings. The number of rotatable bonds is 3. The van der Waals surface area contributed by atoms with E-state index in [1.165, 1.54) is 0 Å². The second-order valence-electron chi connectivity index (χ2n) is 4.47. The Morgan fingerprint density at radius 1 is 1.61 bits per heavy atom. The lowest BCUT2D eigenvalue weighted by Gasteiger charge is -2.39. The highest BCUT2D eigenvalue weighted by molar-refractivity contribution is 9.10. The van der Waals surface area contributed by atoms with Gasteiger partial charge in [-0.3, -0.25) is 0 Å². The van der Waals surface area contributed by atoms with Crippen LogP contribution in [0.4, 0.5) is 11.8 Å². The van der Waals surface area contributed by atoms with E-state index >= 15 is 0 Å². The maximum absolute atomic E-state index is 5.71. The zero-order valence-corrected chi connectivity index (χ0v) is 12.6. The molecule has 1 aromatic rings. The third-order valence-corrected chi connectivity index (χ3v) is 3.72. The van der Waals surface area contributed by atoms with Crippen LogP contribution in [0.25, 0.3) is 0 Å². The molecule has 2 unspecified atom stereocenters. The number of morpholine rings is 1. The van der Waals surface area contributed by atoms with Gasteiger partial charge in [0.2, 0.25) is 5.95 Å². The summed E-state index contributed by atoms with van der Waals surface area (Å²) in [7, 11) is 1.83. The topological polar surface area (TPSA) is 50.3 Å². The highest BCUT2D eigenvalue weighted by Gasteiger charge is 2.28. The molecule has 2 rings (SSSR count). The zero-order valence-electron chi connectivity index (χ0n) is 11.0. The van der Waals surface area contributed by atoms with Crippen molar-refractivity contribution in [1.29, 1.82) is 0 Å². The summed E-state index contributed by atoms with van der Waals surface area (Å²) in [5.41, 5.74) is 0. The van der Waals surface area contributed by atoms with Crippen LogP contribution in [0.2, 0.25) is 0 Å². The number of halogens is 1. The van der Waals surface area contributed by atoms with E-state index in [-0.39, 0.29) is 6.10 Å². The first-order chi connectivity index (χ1) is 8.65. The van der Waals surface area contributed by atoms with E-state index in [4.69, 9.17) is 4.74 Å². The van der Waals surface area contributed by atoms with Crippen LogP contribution in [0.5, 0.6) is 0 Å². The summed E-state index contributed by atoms with van der Waals surface area (Å²) in [6, 6.07) is 0.372. The number of anilines is 2. The lowest BCUT2D eigenvalue weighted by molar-refractivity contribution is 0.0295. The predicted molar refractivity (Wildman–Crippen MR) is 76.1 cm³/mol. The van der Waals surface area contributed by atoms with Gasteiger partial charge < -0.3 is 15.0 Å². The van der Waals surface area contributed by atoms with E-state index in [9.17, 15) is 0 Å². The Morgan fingerprint density at radius 3 is 3.06 bits per heavy atom. The van der Waals surface area contributed by atoms with Gasteiger partial charge >= 0.3 is 0 Å². The molecule has 1 aliphatic rings. The fraction of sp³-hybridized carbons (Fsp3) is 0.667. The van der Waals surface area contributed by atoms with Crippen molar-refractivity contribution < 1.29 is 4.74 Å². The van der Waals surface area contributed by atoms with Gasteiger partial charge in [0, 0.05) is 19.8 Å². The SMILES string of the molecule is CCC1COC(C)CN1c1nc(NC)ncc1Br. The lowest BCUT2D eigenvalue weighted by Crippen LogP contribution is -2.49. The average Bonchev–Trinajstić information content (AvgIpc) is 2.39. The van der Waals surface area contributed by atoms with Gasteiger partial charge in [0.1, 0.15) is 5.82 Å². The smallest absolute Gasteiger partial charge is 0.224 e. The van der Waals surface area contributed by atoms with Gasteiger partial charge in [-0.2, -0.15) is 4.98 Å². The molecule has 6 heteroatoms. The van der Waals surface area contributed by atoms with Crippen LogP contribution in [0.1, 0.15) is 20.3 Å². The van der Waals surface area contributed by atoms with Crippen molar-refractivity contribution >= 4 is 27.7 Å². The van der Waals surface area contributed by atoms with E-state index < -0.39 is 0 Å². The van der Waals surface area contributed by atoms with Gasteiger partial charge in [-0.1, -0.05) is 6.92 Å². The molecule has 1 aromatic heterocycles. The third-order valence-electron chi connectivity index (χ3n) is 3.16. The quantitative estimate of drug-likeness (QED) is 0.927. The Morgan fingerprint density at radius 2 is 2.39 bits per heavy atom. The molecule has 2 heterocycles. The Balaban J connectivity index is 2.32. The fourth-order valence-electron chi connectivity index (χ4n) is 2.12. The number of aromatic nitrogens is 2. The molecule has 0 bridgehead atoms. The van der Waals surface area contributed by atoms with Crippen LogP contribution >= 0.6 is 15.9 Å². The summed E-state index contributed by atoms with van der Waals surface area (Å²) < 4.78 is 6.64. The van der Waals surface area contributed by atoms with E-state index in [0.29, 0.717) is 12.0 Å². The molecule has 1 aliphatic heterocycles. The highest BCUT2D eigenvalue weighted by atomic mass is 79.9. The molecule has 100 valence electrons. The zero-order chi connectivity index (χ0) is 13.1. The highest BCUT2D eigenvalue weighted by Crippen LogP contribution is 2.29. The molecule has 0 amide bonds. The molecule has 0 radical (unpaired) electrons. The molecule has 0 spiro atoms. The molecular weight excluding hydrogens is 296 g/mol. The summed E-state index contributed by atoms with van der Waals surface area (Å²) in [6.45, 7) is 5.87. The van der Waals surface area contributed by atoms with Crippen molar-refractivity contribution in [2.75, 3.05) is 30.4 Å². The summed E-state index contributed by atoms with van der Waals surface area (Å²) in [5, 5.41) is 2.98. The molecule has 2 atom stereocenters.